The van der Waals surface area contributed by atoms with Gasteiger partial charge in [0.15, 0.2) is 0 Å². The normalized spacial score (nSPS) is 10.2. The maximum Gasteiger partial charge on any atom is 0.342 e. The number of aromatic carboxylic acids is 1. The van der Waals surface area contributed by atoms with Crippen LogP contribution in [0.5, 0.6) is 11.6 Å². The highest BCUT2D eigenvalue weighted by Gasteiger charge is 2.16. The summed E-state index contributed by atoms with van der Waals surface area (Å²) in [7, 11) is 1.59. The van der Waals surface area contributed by atoms with Gasteiger partial charge in [0.05, 0.1) is 0 Å². The van der Waals surface area contributed by atoms with Crippen molar-refractivity contribution in [1.29, 1.82) is 0 Å². The van der Waals surface area contributed by atoms with Crippen LogP contribution in [0.25, 0.3) is 0 Å². The van der Waals surface area contributed by atoms with Crippen molar-refractivity contribution >= 4 is 5.97 Å². The predicted octanol–water partition coefficient (Wildman–Crippen LogP) is 2.05. The highest BCUT2D eigenvalue weighted by Crippen LogP contribution is 2.23. The summed E-state index contributed by atoms with van der Waals surface area (Å²) in [5.74, 6) is -1.22. The molecule has 5 nitrogen and oxygen atoms in total. The zero-order chi connectivity index (χ0) is 12.4. The molecule has 0 unspecified atom stereocenters. The number of rotatable bonds is 3. The molecular formula is C11H9FN2O3. The molecule has 2 aromatic rings. The zero-order valence-electron chi connectivity index (χ0n) is 8.92. The van der Waals surface area contributed by atoms with Crippen LogP contribution < -0.4 is 4.74 Å². The van der Waals surface area contributed by atoms with Gasteiger partial charge in [0, 0.05) is 13.2 Å². The van der Waals surface area contributed by atoms with Gasteiger partial charge in [0.25, 0.3) is 5.88 Å². The number of nitrogens with zero attached hydrogens (tertiary/aromatic N) is 2. The zero-order valence-corrected chi connectivity index (χ0v) is 8.92. The van der Waals surface area contributed by atoms with Crippen molar-refractivity contribution in [3.05, 3.63) is 41.8 Å². The molecule has 88 valence electrons. The summed E-state index contributed by atoms with van der Waals surface area (Å²) in [4.78, 5) is 10.9. The molecule has 0 saturated carbocycles. The summed E-state index contributed by atoms with van der Waals surface area (Å²) in [6.45, 7) is 0. The van der Waals surface area contributed by atoms with Crippen molar-refractivity contribution in [3.8, 4) is 11.6 Å². The largest absolute Gasteiger partial charge is 0.477 e. The van der Waals surface area contributed by atoms with Crippen LogP contribution in [-0.2, 0) is 7.05 Å². The maximum absolute atomic E-state index is 12.7. The van der Waals surface area contributed by atoms with Crippen molar-refractivity contribution < 1.29 is 19.0 Å². The number of hydrogen-bond donors (Lipinski definition) is 1. The van der Waals surface area contributed by atoms with E-state index in [1.807, 2.05) is 0 Å². The minimum Gasteiger partial charge on any atom is -0.477 e. The Labute approximate surface area is 96.1 Å². The van der Waals surface area contributed by atoms with E-state index in [4.69, 9.17) is 9.84 Å². The lowest BCUT2D eigenvalue weighted by molar-refractivity contribution is 0.0694. The van der Waals surface area contributed by atoms with Crippen molar-refractivity contribution in [2.24, 2.45) is 7.05 Å². The van der Waals surface area contributed by atoms with Gasteiger partial charge in [-0.2, -0.15) is 0 Å². The summed E-state index contributed by atoms with van der Waals surface area (Å²) in [5.41, 5.74) is -0.0446. The Balaban J connectivity index is 2.29. The van der Waals surface area contributed by atoms with E-state index in [1.165, 1.54) is 35.1 Å². The van der Waals surface area contributed by atoms with Crippen LogP contribution in [0.1, 0.15) is 10.4 Å². The molecule has 0 saturated heterocycles. The highest BCUT2D eigenvalue weighted by atomic mass is 19.1. The van der Waals surface area contributed by atoms with Crippen molar-refractivity contribution in [2.75, 3.05) is 0 Å². The fourth-order valence-electron chi connectivity index (χ4n) is 1.30. The third-order valence-electron chi connectivity index (χ3n) is 2.05. The standard InChI is InChI=1S/C11H9FN2O3/c1-14-6-9(11(15)16)10(13-14)17-8-4-2-7(12)3-5-8/h2-6H,1H3,(H,15,16). The van der Waals surface area contributed by atoms with Gasteiger partial charge >= 0.3 is 5.97 Å². The minimum atomic E-state index is -1.13. The van der Waals surface area contributed by atoms with Gasteiger partial charge in [-0.15, -0.1) is 5.10 Å². The van der Waals surface area contributed by atoms with E-state index in [0.717, 1.165) is 0 Å². The van der Waals surface area contributed by atoms with E-state index >= 15 is 0 Å². The average molecular weight is 236 g/mol. The van der Waals surface area contributed by atoms with E-state index in [9.17, 15) is 9.18 Å². The number of halogens is 1. The molecule has 2 rings (SSSR count). The number of aromatic nitrogens is 2. The Morgan fingerprint density at radius 3 is 2.65 bits per heavy atom. The molecule has 1 aromatic carbocycles. The van der Waals surface area contributed by atoms with Crippen LogP contribution in [0.4, 0.5) is 4.39 Å². The van der Waals surface area contributed by atoms with Crippen LogP contribution >= 0.6 is 0 Å². The van der Waals surface area contributed by atoms with E-state index in [2.05, 4.69) is 5.10 Å². The molecular weight excluding hydrogens is 227 g/mol. The van der Waals surface area contributed by atoms with Crippen molar-refractivity contribution in [3.63, 3.8) is 0 Å². The van der Waals surface area contributed by atoms with Crippen LogP contribution in [0.15, 0.2) is 30.5 Å². The highest BCUT2D eigenvalue weighted by molar-refractivity contribution is 5.90. The van der Waals surface area contributed by atoms with Gasteiger partial charge in [-0.25, -0.2) is 9.18 Å². The Kier molecular flexibility index (Phi) is 2.78. The first-order valence-electron chi connectivity index (χ1n) is 4.76. The maximum atomic E-state index is 12.7. The SMILES string of the molecule is Cn1cc(C(=O)O)c(Oc2ccc(F)cc2)n1. The van der Waals surface area contributed by atoms with Gasteiger partial charge < -0.3 is 9.84 Å². The topological polar surface area (TPSA) is 64.4 Å². The number of carboxylic acids is 1. The molecule has 0 radical (unpaired) electrons. The van der Waals surface area contributed by atoms with Gasteiger partial charge in [-0.1, -0.05) is 0 Å². The number of ether oxygens (including phenoxy) is 1. The first-order valence-corrected chi connectivity index (χ1v) is 4.76. The quantitative estimate of drug-likeness (QED) is 0.885. The number of benzene rings is 1. The Bertz CT molecular complexity index is 548. The average Bonchev–Trinajstić information content (AvgIpc) is 2.63. The molecule has 0 aliphatic heterocycles. The first-order chi connectivity index (χ1) is 8.06. The van der Waals surface area contributed by atoms with E-state index in [-0.39, 0.29) is 11.4 Å². The van der Waals surface area contributed by atoms with Crippen molar-refractivity contribution in [1.82, 2.24) is 9.78 Å². The lowest BCUT2D eigenvalue weighted by atomic mass is 10.3. The summed E-state index contributed by atoms with van der Waals surface area (Å²) >= 11 is 0. The summed E-state index contributed by atoms with van der Waals surface area (Å²) < 4.78 is 19.3. The fourth-order valence-corrected chi connectivity index (χ4v) is 1.30. The smallest absolute Gasteiger partial charge is 0.342 e. The summed E-state index contributed by atoms with van der Waals surface area (Å²) in [6, 6.07) is 5.24. The number of carbonyl (C=O) groups is 1. The monoisotopic (exact) mass is 236 g/mol. The number of carboxylic acid groups (broad SMARTS) is 1. The molecule has 17 heavy (non-hydrogen) atoms. The first kappa shape index (κ1) is 11.1. The molecule has 0 bridgehead atoms. The second-order valence-corrected chi connectivity index (χ2v) is 3.38. The third kappa shape index (κ3) is 2.41. The van der Waals surface area contributed by atoms with E-state index < -0.39 is 11.8 Å². The van der Waals surface area contributed by atoms with Gasteiger partial charge in [0.2, 0.25) is 0 Å². The van der Waals surface area contributed by atoms with E-state index in [0.29, 0.717) is 5.75 Å². The lowest BCUT2D eigenvalue weighted by Gasteiger charge is -2.02. The predicted molar refractivity (Wildman–Crippen MR) is 56.6 cm³/mol. The second-order valence-electron chi connectivity index (χ2n) is 3.38. The molecule has 0 atom stereocenters. The van der Waals surface area contributed by atoms with Crippen LogP contribution in [-0.4, -0.2) is 20.9 Å². The number of hydrogen-bond acceptors (Lipinski definition) is 3. The molecule has 0 spiro atoms. The summed E-state index contributed by atoms with van der Waals surface area (Å²) in [6.07, 6.45) is 1.33. The number of aryl methyl sites for hydroxylation is 1. The van der Waals surface area contributed by atoms with Crippen molar-refractivity contribution in [2.45, 2.75) is 0 Å². The molecule has 0 aliphatic carbocycles. The van der Waals surface area contributed by atoms with Gasteiger partial charge in [0.1, 0.15) is 17.1 Å². The van der Waals surface area contributed by atoms with Crippen LogP contribution in [0.3, 0.4) is 0 Å². The minimum absolute atomic E-state index is 0.0217. The van der Waals surface area contributed by atoms with E-state index in [1.54, 1.807) is 7.05 Å². The fraction of sp³-hybridized carbons (Fsp3) is 0.0909. The Hall–Kier alpha value is -2.37. The van der Waals surface area contributed by atoms with Crippen LogP contribution in [0.2, 0.25) is 0 Å². The third-order valence-corrected chi connectivity index (χ3v) is 2.05. The molecule has 1 aromatic heterocycles. The molecule has 1 N–H and O–H groups in total. The van der Waals surface area contributed by atoms with Gasteiger partial charge in [-0.05, 0) is 24.3 Å². The Morgan fingerprint density at radius 1 is 1.41 bits per heavy atom. The Morgan fingerprint density at radius 2 is 2.06 bits per heavy atom. The molecule has 1 heterocycles. The second kappa shape index (κ2) is 4.25. The molecule has 0 amide bonds. The lowest BCUT2D eigenvalue weighted by Crippen LogP contribution is -1.97. The molecule has 0 fully saturated rings. The molecule has 0 aliphatic rings. The van der Waals surface area contributed by atoms with Gasteiger partial charge in [-0.3, -0.25) is 4.68 Å². The molecule has 6 heteroatoms. The summed E-state index contributed by atoms with van der Waals surface area (Å²) in [5, 5.41) is 12.8. The van der Waals surface area contributed by atoms with Crippen LogP contribution in [0, 0.1) is 5.82 Å².